The average molecular weight is 246 g/mol. The fraction of sp³-hybridized carbons (Fsp3) is 0.500. The van der Waals surface area contributed by atoms with Crippen LogP contribution in [0.15, 0.2) is 18.2 Å². The van der Waals surface area contributed by atoms with Crippen LogP contribution in [0.5, 0.6) is 11.5 Å². The van der Waals surface area contributed by atoms with E-state index in [4.69, 9.17) is 14.7 Å². The van der Waals surface area contributed by atoms with Crippen LogP contribution >= 0.6 is 0 Å². The van der Waals surface area contributed by atoms with E-state index >= 15 is 0 Å². The number of nitrogens with zero attached hydrogens (tertiary/aromatic N) is 1. The molecule has 1 aliphatic rings. The van der Waals surface area contributed by atoms with Crippen molar-refractivity contribution in [3.8, 4) is 17.6 Å². The Bertz CT molecular complexity index is 440. The van der Waals surface area contributed by atoms with Crippen molar-refractivity contribution in [3.63, 3.8) is 0 Å². The van der Waals surface area contributed by atoms with Gasteiger partial charge < -0.3 is 14.8 Å². The number of hydrogen-bond acceptors (Lipinski definition) is 4. The maximum Gasteiger partial charge on any atom is 0.161 e. The van der Waals surface area contributed by atoms with Gasteiger partial charge in [0.15, 0.2) is 11.5 Å². The van der Waals surface area contributed by atoms with Gasteiger partial charge in [-0.05, 0) is 24.1 Å². The summed E-state index contributed by atoms with van der Waals surface area (Å²) in [7, 11) is 0. The lowest BCUT2D eigenvalue weighted by atomic mass is 10.1. The molecular formula is C14H18N2O2. The first-order valence-corrected chi connectivity index (χ1v) is 6.32. The molecule has 1 atom stereocenters. The van der Waals surface area contributed by atoms with E-state index in [2.05, 4.69) is 18.3 Å². The van der Waals surface area contributed by atoms with Crippen molar-refractivity contribution in [2.24, 2.45) is 0 Å². The SMILES string of the molecule is CCC(CC#N)NCc1ccc2c(c1)OCCO2. The molecule has 0 fully saturated rings. The quantitative estimate of drug-likeness (QED) is 0.865. The summed E-state index contributed by atoms with van der Waals surface area (Å²) >= 11 is 0. The smallest absolute Gasteiger partial charge is 0.161 e. The van der Waals surface area contributed by atoms with Crippen molar-refractivity contribution in [2.75, 3.05) is 13.2 Å². The number of nitrogens with one attached hydrogen (secondary N) is 1. The number of rotatable bonds is 5. The third-order valence-electron chi connectivity index (χ3n) is 3.03. The lowest BCUT2D eigenvalue weighted by Crippen LogP contribution is -2.27. The highest BCUT2D eigenvalue weighted by Gasteiger charge is 2.12. The summed E-state index contributed by atoms with van der Waals surface area (Å²) in [4.78, 5) is 0. The fourth-order valence-electron chi connectivity index (χ4n) is 1.93. The Labute approximate surface area is 108 Å². The Hall–Kier alpha value is -1.73. The molecule has 0 bridgehead atoms. The molecule has 0 saturated heterocycles. The average Bonchev–Trinajstić information content (AvgIpc) is 2.43. The van der Waals surface area contributed by atoms with Crippen LogP contribution in [0.3, 0.4) is 0 Å². The minimum Gasteiger partial charge on any atom is -0.486 e. The summed E-state index contributed by atoms with van der Waals surface area (Å²) in [5, 5.41) is 12.1. The van der Waals surface area contributed by atoms with Gasteiger partial charge >= 0.3 is 0 Å². The van der Waals surface area contributed by atoms with E-state index in [1.165, 1.54) is 0 Å². The van der Waals surface area contributed by atoms with Crippen LogP contribution in [0.1, 0.15) is 25.3 Å². The second-order valence-corrected chi connectivity index (χ2v) is 4.33. The highest BCUT2D eigenvalue weighted by atomic mass is 16.6. The van der Waals surface area contributed by atoms with Crippen LogP contribution in [-0.4, -0.2) is 19.3 Å². The van der Waals surface area contributed by atoms with E-state index < -0.39 is 0 Å². The summed E-state index contributed by atoms with van der Waals surface area (Å²) in [6, 6.07) is 8.42. The van der Waals surface area contributed by atoms with Crippen LogP contribution in [0, 0.1) is 11.3 Å². The van der Waals surface area contributed by atoms with Gasteiger partial charge in [0.1, 0.15) is 13.2 Å². The lowest BCUT2D eigenvalue weighted by molar-refractivity contribution is 0.171. The minimum atomic E-state index is 0.253. The van der Waals surface area contributed by atoms with E-state index in [0.29, 0.717) is 19.6 Å². The van der Waals surface area contributed by atoms with E-state index in [-0.39, 0.29) is 6.04 Å². The van der Waals surface area contributed by atoms with Gasteiger partial charge in [0, 0.05) is 12.6 Å². The van der Waals surface area contributed by atoms with E-state index in [0.717, 1.165) is 30.0 Å². The zero-order chi connectivity index (χ0) is 12.8. The van der Waals surface area contributed by atoms with Crippen LogP contribution in [0.25, 0.3) is 0 Å². The van der Waals surface area contributed by atoms with E-state index in [1.807, 2.05) is 18.2 Å². The number of ether oxygens (including phenoxy) is 2. The topological polar surface area (TPSA) is 54.3 Å². The van der Waals surface area contributed by atoms with Crippen LogP contribution < -0.4 is 14.8 Å². The molecular weight excluding hydrogens is 228 g/mol. The first-order valence-electron chi connectivity index (χ1n) is 6.32. The van der Waals surface area contributed by atoms with Crippen molar-refractivity contribution in [1.82, 2.24) is 5.32 Å². The van der Waals surface area contributed by atoms with Crippen molar-refractivity contribution in [2.45, 2.75) is 32.4 Å². The molecule has 1 heterocycles. The molecule has 0 saturated carbocycles. The van der Waals surface area contributed by atoms with Gasteiger partial charge in [-0.1, -0.05) is 13.0 Å². The Balaban J connectivity index is 1.95. The Morgan fingerprint density at radius 2 is 2.11 bits per heavy atom. The monoisotopic (exact) mass is 246 g/mol. The number of nitriles is 1. The maximum absolute atomic E-state index is 8.70. The first-order chi connectivity index (χ1) is 8.83. The number of hydrogen-bond donors (Lipinski definition) is 1. The molecule has 4 heteroatoms. The molecule has 0 aliphatic carbocycles. The first kappa shape index (κ1) is 12.7. The molecule has 1 aliphatic heterocycles. The predicted molar refractivity (Wildman–Crippen MR) is 68.6 cm³/mol. The molecule has 0 spiro atoms. The summed E-state index contributed by atoms with van der Waals surface area (Å²) in [6.07, 6.45) is 1.50. The normalized spacial score (nSPS) is 14.9. The Morgan fingerprint density at radius 1 is 1.33 bits per heavy atom. The predicted octanol–water partition coefficient (Wildman–Crippen LogP) is 2.24. The van der Waals surface area contributed by atoms with Crippen molar-refractivity contribution in [3.05, 3.63) is 23.8 Å². The summed E-state index contributed by atoms with van der Waals surface area (Å²) in [5.74, 6) is 1.63. The van der Waals surface area contributed by atoms with Crippen LogP contribution in [0.2, 0.25) is 0 Å². The summed E-state index contributed by atoms with van der Waals surface area (Å²) < 4.78 is 11.0. The molecule has 0 amide bonds. The van der Waals surface area contributed by atoms with Crippen molar-refractivity contribution < 1.29 is 9.47 Å². The van der Waals surface area contributed by atoms with Crippen LogP contribution in [-0.2, 0) is 6.54 Å². The molecule has 1 aromatic carbocycles. The van der Waals surface area contributed by atoms with Gasteiger partial charge in [0.05, 0.1) is 12.5 Å². The Kier molecular flexibility index (Phi) is 4.43. The fourth-order valence-corrected chi connectivity index (χ4v) is 1.93. The molecule has 1 unspecified atom stereocenters. The molecule has 18 heavy (non-hydrogen) atoms. The molecule has 2 rings (SSSR count). The highest BCUT2D eigenvalue weighted by molar-refractivity contribution is 5.43. The van der Waals surface area contributed by atoms with Crippen molar-refractivity contribution >= 4 is 0 Å². The van der Waals surface area contributed by atoms with E-state index in [9.17, 15) is 0 Å². The van der Waals surface area contributed by atoms with Gasteiger partial charge in [-0.15, -0.1) is 0 Å². The molecule has 4 nitrogen and oxygen atoms in total. The Morgan fingerprint density at radius 3 is 2.83 bits per heavy atom. The third-order valence-corrected chi connectivity index (χ3v) is 3.03. The van der Waals surface area contributed by atoms with Gasteiger partial charge in [-0.3, -0.25) is 0 Å². The molecule has 1 N–H and O–H groups in total. The van der Waals surface area contributed by atoms with Crippen molar-refractivity contribution in [1.29, 1.82) is 5.26 Å². The number of fused-ring (bicyclic) bond motifs is 1. The zero-order valence-corrected chi connectivity index (χ0v) is 10.6. The molecule has 0 aromatic heterocycles. The van der Waals surface area contributed by atoms with Crippen LogP contribution in [0.4, 0.5) is 0 Å². The van der Waals surface area contributed by atoms with E-state index in [1.54, 1.807) is 0 Å². The molecule has 96 valence electrons. The second kappa shape index (κ2) is 6.27. The highest BCUT2D eigenvalue weighted by Crippen LogP contribution is 2.30. The van der Waals surface area contributed by atoms with Gasteiger partial charge in [-0.25, -0.2) is 0 Å². The lowest BCUT2D eigenvalue weighted by Gasteiger charge is -2.19. The second-order valence-electron chi connectivity index (χ2n) is 4.33. The van der Waals surface area contributed by atoms with Gasteiger partial charge in [0.25, 0.3) is 0 Å². The van der Waals surface area contributed by atoms with Gasteiger partial charge in [0.2, 0.25) is 0 Å². The summed E-state index contributed by atoms with van der Waals surface area (Å²) in [6.45, 7) is 4.05. The van der Waals surface area contributed by atoms with Gasteiger partial charge in [-0.2, -0.15) is 5.26 Å². The number of benzene rings is 1. The zero-order valence-electron chi connectivity index (χ0n) is 10.6. The minimum absolute atomic E-state index is 0.253. The molecule has 1 aromatic rings. The largest absolute Gasteiger partial charge is 0.486 e. The third kappa shape index (κ3) is 3.14. The molecule has 0 radical (unpaired) electrons. The standard InChI is InChI=1S/C14H18N2O2/c1-2-12(5-6-15)16-10-11-3-4-13-14(9-11)18-8-7-17-13/h3-4,9,12,16H,2,5,7-8,10H2,1H3. The summed E-state index contributed by atoms with van der Waals surface area (Å²) in [5.41, 5.74) is 1.15. The maximum atomic E-state index is 8.70.